The number of aliphatic carboxylic acids is 1. The Morgan fingerprint density at radius 2 is 1.95 bits per heavy atom. The van der Waals surface area contributed by atoms with E-state index in [1.807, 2.05) is 0 Å². The molecule has 0 aromatic heterocycles. The summed E-state index contributed by atoms with van der Waals surface area (Å²) in [6, 6.07) is 4.57. The summed E-state index contributed by atoms with van der Waals surface area (Å²) in [6.45, 7) is 3.22. The molecular formula is C12H13N3O3S. The number of hydrogen-bond donors (Lipinski definition) is 2. The van der Waals surface area contributed by atoms with Crippen LogP contribution in [-0.4, -0.2) is 23.0 Å². The maximum absolute atomic E-state index is 12.0. The normalized spacial score (nSPS) is 15.3. The third-order valence-corrected chi connectivity index (χ3v) is 3.57. The van der Waals surface area contributed by atoms with Gasteiger partial charge in [0.2, 0.25) is 0 Å². The molecule has 0 radical (unpaired) electrons. The minimum absolute atomic E-state index is 0.310. The van der Waals surface area contributed by atoms with Gasteiger partial charge in [0, 0.05) is 11.6 Å². The third-order valence-electron chi connectivity index (χ3n) is 3.01. The first-order valence-corrected chi connectivity index (χ1v) is 6.48. The maximum atomic E-state index is 12.0. The topological polar surface area (TPSA) is 91.1 Å². The summed E-state index contributed by atoms with van der Waals surface area (Å²) in [6.07, 6.45) is 0. The molecule has 0 bridgehead atoms. The average molecular weight is 279 g/mol. The number of benzene rings is 1. The zero-order valence-electron chi connectivity index (χ0n) is 10.5. The van der Waals surface area contributed by atoms with Crippen molar-refractivity contribution in [3.63, 3.8) is 0 Å². The van der Waals surface area contributed by atoms with Crippen molar-refractivity contribution in [3.8, 4) is 0 Å². The van der Waals surface area contributed by atoms with Gasteiger partial charge in [-0.15, -0.1) is 0 Å². The summed E-state index contributed by atoms with van der Waals surface area (Å²) in [5, 5.41) is 11.6. The standard InChI is InChI=1S/C12H13N3O3S/c1-6(12(17)18)7(2)13-11(16)8-3-4-9-10(5-8)15-19-14-9/h3-7H,1-2H3,(H,13,16)(H,17,18). The number of carbonyl (C=O) groups is 2. The quantitative estimate of drug-likeness (QED) is 0.899. The van der Waals surface area contributed by atoms with Crippen molar-refractivity contribution >= 4 is 34.6 Å². The number of rotatable bonds is 4. The lowest BCUT2D eigenvalue weighted by molar-refractivity contribution is -0.141. The fraction of sp³-hybridized carbons (Fsp3) is 0.333. The smallest absolute Gasteiger partial charge is 0.308 e. The molecule has 0 aliphatic carbocycles. The van der Waals surface area contributed by atoms with Crippen LogP contribution in [0.4, 0.5) is 11.4 Å². The zero-order chi connectivity index (χ0) is 14.0. The summed E-state index contributed by atoms with van der Waals surface area (Å²) in [5.74, 6) is -1.89. The van der Waals surface area contributed by atoms with Crippen molar-refractivity contribution in [2.75, 3.05) is 0 Å². The molecule has 1 aliphatic rings. The molecule has 2 atom stereocenters. The molecule has 0 spiro atoms. The molecule has 1 heterocycles. The lowest BCUT2D eigenvalue weighted by atomic mass is 10.0. The molecule has 0 saturated carbocycles. The van der Waals surface area contributed by atoms with E-state index in [4.69, 9.17) is 5.11 Å². The largest absolute Gasteiger partial charge is 0.481 e. The number of nitrogens with one attached hydrogen (secondary N) is 1. The molecule has 1 aromatic carbocycles. The van der Waals surface area contributed by atoms with Crippen molar-refractivity contribution in [2.45, 2.75) is 19.9 Å². The number of nitrogens with zero attached hydrogens (tertiary/aromatic N) is 2. The highest BCUT2D eigenvalue weighted by Gasteiger charge is 2.21. The van der Waals surface area contributed by atoms with Crippen LogP contribution in [0.5, 0.6) is 0 Å². The lowest BCUT2D eigenvalue weighted by Gasteiger charge is -2.17. The van der Waals surface area contributed by atoms with E-state index in [1.165, 1.54) is 0 Å². The van der Waals surface area contributed by atoms with E-state index in [0.717, 1.165) is 17.0 Å². The first kappa shape index (κ1) is 13.4. The van der Waals surface area contributed by atoms with Crippen molar-refractivity contribution in [2.24, 2.45) is 14.6 Å². The Morgan fingerprint density at radius 3 is 2.63 bits per heavy atom. The van der Waals surface area contributed by atoms with Gasteiger partial charge in [-0.2, -0.15) is 8.73 Å². The molecule has 100 valence electrons. The van der Waals surface area contributed by atoms with Crippen LogP contribution in [0.25, 0.3) is 0 Å². The first-order chi connectivity index (χ1) is 8.99. The van der Waals surface area contributed by atoms with E-state index in [9.17, 15) is 9.59 Å². The second kappa shape index (κ2) is 5.31. The summed E-state index contributed by atoms with van der Waals surface area (Å²) in [4.78, 5) is 22.8. The Labute approximate surface area is 113 Å². The molecule has 19 heavy (non-hydrogen) atoms. The van der Waals surface area contributed by atoms with E-state index in [2.05, 4.69) is 14.0 Å². The second-order valence-corrected chi connectivity index (χ2v) is 4.89. The summed E-state index contributed by atoms with van der Waals surface area (Å²) in [5.41, 5.74) is 1.86. The number of carboxylic acids is 1. The molecule has 0 saturated heterocycles. The molecule has 1 amide bonds. The molecule has 7 heteroatoms. The van der Waals surface area contributed by atoms with Crippen LogP contribution >= 0.6 is 0 Å². The van der Waals surface area contributed by atoms with E-state index in [-0.39, 0.29) is 5.91 Å². The molecular weight excluding hydrogens is 266 g/mol. The van der Waals surface area contributed by atoms with Gasteiger partial charge in [0.15, 0.2) is 0 Å². The molecule has 6 nitrogen and oxygen atoms in total. The van der Waals surface area contributed by atoms with Crippen LogP contribution in [0.15, 0.2) is 26.9 Å². The Morgan fingerprint density at radius 1 is 1.26 bits per heavy atom. The SMILES string of the molecule is CC(NC(=O)c1ccc2c(c1)N=S=N2)C(C)C(=O)O. The van der Waals surface area contributed by atoms with Gasteiger partial charge in [-0.1, -0.05) is 0 Å². The lowest BCUT2D eigenvalue weighted by Crippen LogP contribution is -2.40. The summed E-state index contributed by atoms with van der Waals surface area (Å²) < 4.78 is 8.11. The van der Waals surface area contributed by atoms with E-state index < -0.39 is 17.9 Å². The van der Waals surface area contributed by atoms with Crippen LogP contribution in [0.2, 0.25) is 0 Å². The number of carboxylic acid groups (broad SMARTS) is 1. The molecule has 1 aliphatic heterocycles. The zero-order valence-corrected chi connectivity index (χ0v) is 11.3. The van der Waals surface area contributed by atoms with E-state index >= 15 is 0 Å². The number of carbonyl (C=O) groups excluding carboxylic acids is 1. The van der Waals surface area contributed by atoms with Gasteiger partial charge in [0.25, 0.3) is 5.91 Å². The number of fused-ring (bicyclic) bond motifs is 1. The minimum atomic E-state index is -0.938. The summed E-state index contributed by atoms with van der Waals surface area (Å²) >= 11 is 1.09. The van der Waals surface area contributed by atoms with Crippen LogP contribution in [0.1, 0.15) is 24.2 Å². The highest BCUT2D eigenvalue weighted by atomic mass is 32.1. The molecule has 2 N–H and O–H groups in total. The maximum Gasteiger partial charge on any atom is 0.308 e. The van der Waals surface area contributed by atoms with E-state index in [0.29, 0.717) is 11.3 Å². The van der Waals surface area contributed by atoms with Gasteiger partial charge in [0.05, 0.1) is 17.3 Å². The van der Waals surface area contributed by atoms with Crippen molar-refractivity contribution in [1.82, 2.24) is 5.32 Å². The van der Waals surface area contributed by atoms with Crippen LogP contribution in [-0.2, 0) is 16.1 Å². The van der Waals surface area contributed by atoms with Gasteiger partial charge < -0.3 is 10.4 Å². The van der Waals surface area contributed by atoms with Crippen molar-refractivity contribution in [1.29, 1.82) is 0 Å². The highest BCUT2D eigenvalue weighted by molar-refractivity contribution is 7.58. The fourth-order valence-corrected chi connectivity index (χ4v) is 2.07. The van der Waals surface area contributed by atoms with Gasteiger partial charge in [-0.25, -0.2) is 0 Å². The van der Waals surface area contributed by atoms with Gasteiger partial charge >= 0.3 is 5.97 Å². The van der Waals surface area contributed by atoms with Crippen LogP contribution in [0.3, 0.4) is 0 Å². The molecule has 1 aromatic rings. The van der Waals surface area contributed by atoms with Crippen LogP contribution in [0, 0.1) is 5.92 Å². The molecule has 2 rings (SSSR count). The van der Waals surface area contributed by atoms with Gasteiger partial charge in [-0.05, 0) is 32.0 Å². The van der Waals surface area contributed by atoms with E-state index in [1.54, 1.807) is 32.0 Å². The highest BCUT2D eigenvalue weighted by Crippen LogP contribution is 2.31. The Bertz CT molecular complexity index is 608. The molecule has 0 fully saturated rings. The minimum Gasteiger partial charge on any atom is -0.481 e. The van der Waals surface area contributed by atoms with Crippen molar-refractivity contribution in [3.05, 3.63) is 23.8 Å². The predicted molar refractivity (Wildman–Crippen MR) is 71.7 cm³/mol. The predicted octanol–water partition coefficient (Wildman–Crippen LogP) is 2.25. The van der Waals surface area contributed by atoms with Crippen molar-refractivity contribution < 1.29 is 14.7 Å². The average Bonchev–Trinajstić information content (AvgIpc) is 2.84. The summed E-state index contributed by atoms with van der Waals surface area (Å²) in [7, 11) is 0. The van der Waals surface area contributed by atoms with Gasteiger partial charge in [-0.3, -0.25) is 9.59 Å². The Hall–Kier alpha value is -2.02. The van der Waals surface area contributed by atoms with Crippen LogP contribution < -0.4 is 5.32 Å². The number of hydrogen-bond acceptors (Lipinski definition) is 4. The Kier molecular flexibility index (Phi) is 3.75. The first-order valence-electron chi connectivity index (χ1n) is 5.75. The third kappa shape index (κ3) is 2.87. The fourth-order valence-electron chi connectivity index (χ4n) is 1.55. The second-order valence-electron chi connectivity index (χ2n) is 4.36. The number of amides is 1. The Balaban J connectivity index is 2.09. The molecule has 2 unspecified atom stereocenters. The monoisotopic (exact) mass is 279 g/mol. The van der Waals surface area contributed by atoms with Gasteiger partial charge in [0.1, 0.15) is 11.4 Å².